The third kappa shape index (κ3) is 2.98. The van der Waals surface area contributed by atoms with Gasteiger partial charge in [0, 0.05) is 5.92 Å². The number of nitrogens with zero attached hydrogens (tertiary/aromatic N) is 1. The SMILES string of the molecule is C=C1CCCC[C@@H]1C[N+](C)(C)C. The standard InChI is InChI=1S/C11H22N/c1-10-7-5-6-8-11(10)9-12(2,3)4/h11H,1,5-9H2,2-4H3/q+1/t11-/m1/s1. The van der Waals surface area contributed by atoms with E-state index in [9.17, 15) is 0 Å². The first kappa shape index (κ1) is 9.79. The second kappa shape index (κ2) is 3.61. The van der Waals surface area contributed by atoms with Crippen molar-refractivity contribution in [1.29, 1.82) is 0 Å². The molecule has 1 nitrogen and oxygen atoms in total. The van der Waals surface area contributed by atoms with E-state index in [0.717, 1.165) is 10.4 Å². The first-order valence-corrected chi connectivity index (χ1v) is 4.97. The molecule has 12 heavy (non-hydrogen) atoms. The van der Waals surface area contributed by atoms with Gasteiger partial charge < -0.3 is 4.48 Å². The highest BCUT2D eigenvalue weighted by Crippen LogP contribution is 2.28. The van der Waals surface area contributed by atoms with Crippen LogP contribution < -0.4 is 0 Å². The van der Waals surface area contributed by atoms with Crippen LogP contribution in [0.25, 0.3) is 0 Å². The number of hydrogen-bond donors (Lipinski definition) is 0. The third-order valence-electron chi connectivity index (χ3n) is 2.65. The van der Waals surface area contributed by atoms with Gasteiger partial charge in [0.05, 0.1) is 27.7 Å². The number of rotatable bonds is 2. The minimum absolute atomic E-state index is 0.791. The molecule has 0 radical (unpaired) electrons. The van der Waals surface area contributed by atoms with E-state index in [1.54, 1.807) is 0 Å². The average molecular weight is 168 g/mol. The predicted octanol–water partition coefficient (Wildman–Crippen LogP) is 2.44. The highest BCUT2D eigenvalue weighted by atomic mass is 15.3. The van der Waals surface area contributed by atoms with E-state index in [1.165, 1.54) is 37.8 Å². The molecule has 0 spiro atoms. The summed E-state index contributed by atoms with van der Waals surface area (Å²) < 4.78 is 1.07. The normalized spacial score (nSPS) is 25.9. The first-order chi connectivity index (χ1) is 5.49. The lowest BCUT2D eigenvalue weighted by Gasteiger charge is -2.32. The van der Waals surface area contributed by atoms with Gasteiger partial charge in [0.2, 0.25) is 0 Å². The Hall–Kier alpha value is -0.300. The van der Waals surface area contributed by atoms with E-state index >= 15 is 0 Å². The molecule has 1 atom stereocenters. The van der Waals surface area contributed by atoms with Gasteiger partial charge in [-0.2, -0.15) is 0 Å². The summed E-state index contributed by atoms with van der Waals surface area (Å²) in [6.45, 7) is 5.43. The molecule has 1 saturated carbocycles. The van der Waals surface area contributed by atoms with Crippen LogP contribution in [-0.4, -0.2) is 32.2 Å². The van der Waals surface area contributed by atoms with Crippen molar-refractivity contribution in [1.82, 2.24) is 0 Å². The molecule has 0 N–H and O–H groups in total. The van der Waals surface area contributed by atoms with Crippen molar-refractivity contribution in [2.75, 3.05) is 27.7 Å². The Kier molecular flexibility index (Phi) is 2.94. The maximum absolute atomic E-state index is 4.17. The second-order valence-electron chi connectivity index (χ2n) is 5.07. The maximum atomic E-state index is 4.17. The van der Waals surface area contributed by atoms with E-state index in [4.69, 9.17) is 0 Å². The smallest absolute Gasteiger partial charge is 0.0846 e. The lowest BCUT2D eigenvalue weighted by Crippen LogP contribution is -2.40. The van der Waals surface area contributed by atoms with Gasteiger partial charge in [-0.15, -0.1) is 0 Å². The Balaban J connectivity index is 2.45. The monoisotopic (exact) mass is 168 g/mol. The molecule has 0 aliphatic heterocycles. The summed E-state index contributed by atoms with van der Waals surface area (Å²) in [7, 11) is 6.80. The third-order valence-corrected chi connectivity index (χ3v) is 2.65. The van der Waals surface area contributed by atoms with Crippen molar-refractivity contribution in [3.63, 3.8) is 0 Å². The van der Waals surface area contributed by atoms with Gasteiger partial charge in [0.15, 0.2) is 0 Å². The van der Waals surface area contributed by atoms with Crippen molar-refractivity contribution in [3.05, 3.63) is 12.2 Å². The Morgan fingerprint density at radius 1 is 1.33 bits per heavy atom. The van der Waals surface area contributed by atoms with E-state index in [2.05, 4.69) is 27.7 Å². The molecule has 0 saturated heterocycles. The van der Waals surface area contributed by atoms with Gasteiger partial charge in [0.25, 0.3) is 0 Å². The minimum atomic E-state index is 0.791. The van der Waals surface area contributed by atoms with Gasteiger partial charge in [0.1, 0.15) is 0 Å². The Labute approximate surface area is 76.7 Å². The Morgan fingerprint density at radius 3 is 2.50 bits per heavy atom. The van der Waals surface area contributed by atoms with E-state index in [-0.39, 0.29) is 0 Å². The zero-order chi connectivity index (χ0) is 9.19. The fourth-order valence-electron chi connectivity index (χ4n) is 2.03. The molecule has 0 heterocycles. The van der Waals surface area contributed by atoms with Crippen LogP contribution in [0.5, 0.6) is 0 Å². The summed E-state index contributed by atoms with van der Waals surface area (Å²) in [5.74, 6) is 0.791. The molecule has 1 heteroatoms. The van der Waals surface area contributed by atoms with Gasteiger partial charge in [-0.1, -0.05) is 18.6 Å². The van der Waals surface area contributed by atoms with E-state index in [0.29, 0.717) is 0 Å². The summed E-state index contributed by atoms with van der Waals surface area (Å²) in [4.78, 5) is 0. The zero-order valence-electron chi connectivity index (χ0n) is 8.77. The van der Waals surface area contributed by atoms with Crippen LogP contribution in [0.1, 0.15) is 25.7 Å². The summed E-state index contributed by atoms with van der Waals surface area (Å²) in [6, 6.07) is 0. The molecule has 0 aromatic rings. The van der Waals surface area contributed by atoms with Crippen LogP contribution >= 0.6 is 0 Å². The summed E-state index contributed by atoms with van der Waals surface area (Å²) in [6.07, 6.45) is 5.41. The van der Waals surface area contributed by atoms with E-state index < -0.39 is 0 Å². The molecular weight excluding hydrogens is 146 g/mol. The summed E-state index contributed by atoms with van der Waals surface area (Å²) in [5, 5.41) is 0. The first-order valence-electron chi connectivity index (χ1n) is 4.97. The molecule has 0 amide bonds. The van der Waals surface area contributed by atoms with Crippen LogP contribution in [0.2, 0.25) is 0 Å². The molecule has 1 aliphatic carbocycles. The zero-order valence-corrected chi connectivity index (χ0v) is 8.77. The highest BCUT2D eigenvalue weighted by molar-refractivity contribution is 5.03. The topological polar surface area (TPSA) is 0 Å². The summed E-state index contributed by atoms with van der Waals surface area (Å²) in [5.41, 5.74) is 1.49. The fourth-order valence-corrected chi connectivity index (χ4v) is 2.03. The van der Waals surface area contributed by atoms with Crippen LogP contribution in [0, 0.1) is 5.92 Å². The van der Waals surface area contributed by atoms with Gasteiger partial charge in [-0.3, -0.25) is 0 Å². The summed E-state index contributed by atoms with van der Waals surface area (Å²) >= 11 is 0. The second-order valence-corrected chi connectivity index (χ2v) is 5.07. The molecule has 0 bridgehead atoms. The maximum Gasteiger partial charge on any atom is 0.0846 e. The molecule has 0 aromatic heterocycles. The molecular formula is C11H22N+. The van der Waals surface area contributed by atoms with E-state index in [1.807, 2.05) is 0 Å². The average Bonchev–Trinajstić information content (AvgIpc) is 1.91. The van der Waals surface area contributed by atoms with Crippen molar-refractivity contribution >= 4 is 0 Å². The lowest BCUT2D eigenvalue weighted by molar-refractivity contribution is -0.873. The molecule has 1 aliphatic rings. The van der Waals surface area contributed by atoms with Crippen LogP contribution in [0.4, 0.5) is 0 Å². The van der Waals surface area contributed by atoms with Crippen molar-refractivity contribution in [2.45, 2.75) is 25.7 Å². The molecule has 0 unspecified atom stereocenters. The Bertz CT molecular complexity index is 164. The minimum Gasteiger partial charge on any atom is -0.330 e. The van der Waals surface area contributed by atoms with Gasteiger partial charge in [-0.25, -0.2) is 0 Å². The van der Waals surface area contributed by atoms with Crippen molar-refractivity contribution < 1.29 is 4.48 Å². The van der Waals surface area contributed by atoms with Gasteiger partial charge in [-0.05, 0) is 19.3 Å². The van der Waals surface area contributed by atoms with Crippen molar-refractivity contribution in [3.8, 4) is 0 Å². The Morgan fingerprint density at radius 2 is 2.00 bits per heavy atom. The number of hydrogen-bond acceptors (Lipinski definition) is 0. The quantitative estimate of drug-likeness (QED) is 0.439. The highest BCUT2D eigenvalue weighted by Gasteiger charge is 2.22. The van der Waals surface area contributed by atoms with Gasteiger partial charge >= 0.3 is 0 Å². The predicted molar refractivity (Wildman–Crippen MR) is 54.0 cm³/mol. The van der Waals surface area contributed by atoms with Crippen LogP contribution in [0.15, 0.2) is 12.2 Å². The molecule has 1 fully saturated rings. The van der Waals surface area contributed by atoms with Crippen molar-refractivity contribution in [2.24, 2.45) is 5.92 Å². The molecule has 0 aromatic carbocycles. The fraction of sp³-hybridized carbons (Fsp3) is 0.818. The lowest BCUT2D eigenvalue weighted by atomic mass is 9.85. The number of quaternary nitrogens is 1. The largest absolute Gasteiger partial charge is 0.330 e. The molecule has 70 valence electrons. The van der Waals surface area contributed by atoms with Crippen LogP contribution in [0.3, 0.4) is 0 Å². The molecule has 1 rings (SSSR count). The van der Waals surface area contributed by atoms with Crippen LogP contribution in [-0.2, 0) is 0 Å².